The summed E-state index contributed by atoms with van der Waals surface area (Å²) in [6.07, 6.45) is 2.58. The first kappa shape index (κ1) is 20.3. The highest BCUT2D eigenvalue weighted by Gasteiger charge is 2.29. The number of cyclic esters (lactones) is 1. The SMILES string of the molecule is CC(C)c1nn(-c2ccc[nH]2)c(-c2ccc(F)cc2)c1CCC1CC(O)CC(=O)O1. The highest BCUT2D eigenvalue weighted by Crippen LogP contribution is 2.34. The van der Waals surface area contributed by atoms with Gasteiger partial charge in [-0.05, 0) is 55.2 Å². The van der Waals surface area contributed by atoms with E-state index in [0.29, 0.717) is 19.3 Å². The van der Waals surface area contributed by atoms with Crippen molar-refractivity contribution in [1.82, 2.24) is 14.8 Å². The van der Waals surface area contributed by atoms with Gasteiger partial charge in [0.05, 0.1) is 23.9 Å². The van der Waals surface area contributed by atoms with Gasteiger partial charge in [-0.3, -0.25) is 4.79 Å². The molecule has 30 heavy (non-hydrogen) atoms. The highest BCUT2D eigenvalue weighted by atomic mass is 19.1. The maximum Gasteiger partial charge on any atom is 0.308 e. The fourth-order valence-corrected chi connectivity index (χ4v) is 4.05. The monoisotopic (exact) mass is 411 g/mol. The number of benzene rings is 1. The van der Waals surface area contributed by atoms with Crippen LogP contribution in [0.4, 0.5) is 4.39 Å². The molecule has 4 rings (SSSR count). The summed E-state index contributed by atoms with van der Waals surface area (Å²) in [4.78, 5) is 14.9. The second-order valence-corrected chi connectivity index (χ2v) is 8.09. The lowest BCUT2D eigenvalue weighted by Gasteiger charge is -2.26. The summed E-state index contributed by atoms with van der Waals surface area (Å²) >= 11 is 0. The van der Waals surface area contributed by atoms with Gasteiger partial charge in [-0.2, -0.15) is 5.10 Å². The van der Waals surface area contributed by atoms with Crippen molar-refractivity contribution in [3.8, 4) is 17.1 Å². The van der Waals surface area contributed by atoms with Crippen molar-refractivity contribution in [3.63, 3.8) is 0 Å². The van der Waals surface area contributed by atoms with Crippen molar-refractivity contribution in [2.24, 2.45) is 0 Å². The van der Waals surface area contributed by atoms with Gasteiger partial charge in [-0.15, -0.1) is 0 Å². The Kier molecular flexibility index (Phi) is 5.72. The quantitative estimate of drug-likeness (QED) is 0.598. The number of aromatic nitrogens is 3. The lowest BCUT2D eigenvalue weighted by molar-refractivity contribution is -0.160. The fraction of sp³-hybridized carbons (Fsp3) is 0.391. The second-order valence-electron chi connectivity index (χ2n) is 8.09. The Balaban J connectivity index is 1.75. The summed E-state index contributed by atoms with van der Waals surface area (Å²) < 4.78 is 20.9. The van der Waals surface area contributed by atoms with Crippen molar-refractivity contribution < 1.29 is 19.0 Å². The van der Waals surface area contributed by atoms with Crippen LogP contribution in [-0.4, -0.2) is 38.0 Å². The lowest BCUT2D eigenvalue weighted by atomic mass is 9.93. The number of halogens is 1. The van der Waals surface area contributed by atoms with Crippen LogP contribution in [0, 0.1) is 5.82 Å². The number of nitrogens with one attached hydrogen (secondary N) is 1. The molecule has 1 fully saturated rings. The summed E-state index contributed by atoms with van der Waals surface area (Å²) in [6, 6.07) is 10.2. The molecule has 2 atom stereocenters. The molecule has 1 aliphatic rings. The minimum Gasteiger partial charge on any atom is -0.462 e. The van der Waals surface area contributed by atoms with E-state index in [1.54, 1.807) is 12.1 Å². The number of aliphatic hydroxyl groups is 1. The van der Waals surface area contributed by atoms with Crippen LogP contribution in [0.15, 0.2) is 42.6 Å². The van der Waals surface area contributed by atoms with Crippen LogP contribution in [0.25, 0.3) is 17.1 Å². The Morgan fingerprint density at radius 3 is 2.70 bits per heavy atom. The number of carbonyl (C=O) groups is 1. The number of ether oxygens (including phenoxy) is 1. The van der Waals surface area contributed by atoms with Crippen molar-refractivity contribution in [3.05, 3.63) is 59.7 Å². The smallest absolute Gasteiger partial charge is 0.308 e. The molecule has 1 aliphatic heterocycles. The van der Waals surface area contributed by atoms with Gasteiger partial charge in [0.2, 0.25) is 0 Å². The molecule has 3 heterocycles. The highest BCUT2D eigenvalue weighted by molar-refractivity contribution is 5.71. The maximum atomic E-state index is 13.6. The predicted octanol–water partition coefficient (Wildman–Crippen LogP) is 4.13. The molecule has 0 spiro atoms. The molecule has 0 bridgehead atoms. The van der Waals surface area contributed by atoms with Gasteiger partial charge in [-0.1, -0.05) is 13.8 Å². The van der Waals surface area contributed by atoms with Crippen molar-refractivity contribution >= 4 is 5.97 Å². The number of rotatable bonds is 6. The van der Waals surface area contributed by atoms with Crippen LogP contribution in [0.3, 0.4) is 0 Å². The summed E-state index contributed by atoms with van der Waals surface area (Å²) in [5.74, 6) is 0.346. The summed E-state index contributed by atoms with van der Waals surface area (Å²) in [7, 11) is 0. The number of hydrogen-bond acceptors (Lipinski definition) is 4. The molecule has 3 aromatic rings. The normalized spacial score (nSPS) is 19.3. The van der Waals surface area contributed by atoms with Gasteiger partial charge in [-0.25, -0.2) is 9.07 Å². The minimum atomic E-state index is -0.654. The van der Waals surface area contributed by atoms with Crippen LogP contribution in [0.2, 0.25) is 0 Å². The number of aliphatic hydroxyl groups excluding tert-OH is 1. The van der Waals surface area contributed by atoms with Gasteiger partial charge >= 0.3 is 5.97 Å². The van der Waals surface area contributed by atoms with Gasteiger partial charge in [0.25, 0.3) is 0 Å². The van der Waals surface area contributed by atoms with E-state index in [-0.39, 0.29) is 30.2 Å². The Labute approximate surface area is 174 Å². The van der Waals surface area contributed by atoms with Crippen LogP contribution in [0.1, 0.15) is 50.3 Å². The number of carbonyl (C=O) groups excluding carboxylic acids is 1. The average Bonchev–Trinajstić information content (AvgIpc) is 3.34. The van der Waals surface area contributed by atoms with E-state index < -0.39 is 6.10 Å². The standard InChI is InChI=1S/C23H26FN3O3/c1-14(2)22-19(10-9-18-12-17(28)13-21(29)30-18)23(15-5-7-16(24)8-6-15)27(26-22)20-4-3-11-25-20/h3-8,11,14,17-18,25,28H,9-10,12-13H2,1-2H3. The number of nitrogens with zero attached hydrogens (tertiary/aromatic N) is 2. The molecule has 6 nitrogen and oxygen atoms in total. The van der Waals surface area contributed by atoms with Crippen LogP contribution < -0.4 is 0 Å². The van der Waals surface area contributed by atoms with E-state index in [0.717, 1.165) is 28.3 Å². The molecular weight excluding hydrogens is 385 g/mol. The van der Waals surface area contributed by atoms with Crippen LogP contribution in [0.5, 0.6) is 0 Å². The molecule has 2 unspecified atom stereocenters. The van der Waals surface area contributed by atoms with Crippen molar-refractivity contribution in [2.75, 3.05) is 0 Å². The second kappa shape index (κ2) is 8.44. The first-order valence-electron chi connectivity index (χ1n) is 10.3. The number of aromatic amines is 1. The number of hydrogen-bond donors (Lipinski definition) is 2. The largest absolute Gasteiger partial charge is 0.462 e. The zero-order chi connectivity index (χ0) is 21.3. The van der Waals surface area contributed by atoms with E-state index in [1.165, 1.54) is 12.1 Å². The van der Waals surface area contributed by atoms with E-state index >= 15 is 0 Å². The lowest BCUT2D eigenvalue weighted by Crippen LogP contribution is -2.32. The molecule has 1 saturated heterocycles. The van der Waals surface area contributed by atoms with Gasteiger partial charge < -0.3 is 14.8 Å². The molecule has 0 saturated carbocycles. The minimum absolute atomic E-state index is 0.0549. The summed E-state index contributed by atoms with van der Waals surface area (Å²) in [6.45, 7) is 4.17. The van der Waals surface area contributed by atoms with Crippen LogP contribution in [-0.2, 0) is 16.0 Å². The van der Waals surface area contributed by atoms with Gasteiger partial charge in [0, 0.05) is 23.7 Å². The molecule has 0 radical (unpaired) electrons. The third kappa shape index (κ3) is 4.16. The average molecular weight is 411 g/mol. The van der Waals surface area contributed by atoms with Crippen LogP contribution >= 0.6 is 0 Å². The predicted molar refractivity (Wildman–Crippen MR) is 111 cm³/mol. The Hall–Kier alpha value is -2.93. The third-order valence-electron chi connectivity index (χ3n) is 5.44. The molecule has 158 valence electrons. The zero-order valence-corrected chi connectivity index (χ0v) is 17.1. The summed E-state index contributed by atoms with van der Waals surface area (Å²) in [5.41, 5.74) is 3.75. The first-order chi connectivity index (χ1) is 14.4. The molecule has 2 N–H and O–H groups in total. The first-order valence-corrected chi connectivity index (χ1v) is 10.3. The molecule has 0 amide bonds. The van der Waals surface area contributed by atoms with E-state index in [2.05, 4.69) is 18.8 Å². The molecule has 7 heteroatoms. The third-order valence-corrected chi connectivity index (χ3v) is 5.44. The fourth-order valence-electron chi connectivity index (χ4n) is 4.05. The summed E-state index contributed by atoms with van der Waals surface area (Å²) in [5, 5.41) is 14.8. The van der Waals surface area contributed by atoms with E-state index in [9.17, 15) is 14.3 Å². The van der Waals surface area contributed by atoms with E-state index in [4.69, 9.17) is 9.84 Å². The number of esters is 1. The van der Waals surface area contributed by atoms with Crippen molar-refractivity contribution in [2.45, 2.75) is 57.7 Å². The van der Waals surface area contributed by atoms with Gasteiger partial charge in [0.15, 0.2) is 0 Å². The molecular formula is C23H26FN3O3. The zero-order valence-electron chi connectivity index (χ0n) is 17.1. The Morgan fingerprint density at radius 2 is 2.07 bits per heavy atom. The Bertz CT molecular complexity index is 1010. The van der Waals surface area contributed by atoms with Gasteiger partial charge in [0.1, 0.15) is 17.7 Å². The molecule has 1 aromatic carbocycles. The van der Waals surface area contributed by atoms with Crippen molar-refractivity contribution in [1.29, 1.82) is 0 Å². The maximum absolute atomic E-state index is 13.6. The molecule has 2 aromatic heterocycles. The topological polar surface area (TPSA) is 80.1 Å². The Morgan fingerprint density at radius 1 is 1.30 bits per heavy atom. The number of H-pyrrole nitrogens is 1. The van der Waals surface area contributed by atoms with E-state index in [1.807, 2.05) is 23.0 Å². The molecule has 0 aliphatic carbocycles.